The number of aromatic nitrogens is 1. The van der Waals surface area contributed by atoms with Crippen LogP contribution < -0.4 is 4.74 Å². The van der Waals surface area contributed by atoms with Crippen molar-refractivity contribution >= 4 is 0 Å². The molecule has 0 N–H and O–H groups in total. The lowest BCUT2D eigenvalue weighted by atomic mass is 9.95. The summed E-state index contributed by atoms with van der Waals surface area (Å²) in [5.74, 6) is 0.654. The Bertz CT molecular complexity index is 615. The van der Waals surface area contributed by atoms with Crippen LogP contribution in [-0.4, -0.2) is 23.5 Å². The number of rotatable bonds is 4. The van der Waals surface area contributed by atoms with E-state index in [0.29, 0.717) is 6.04 Å². The lowest BCUT2D eigenvalue weighted by Gasteiger charge is -2.35. The van der Waals surface area contributed by atoms with Gasteiger partial charge in [0.2, 0.25) is 0 Å². The first-order valence-electron chi connectivity index (χ1n) is 7.75. The van der Waals surface area contributed by atoms with Crippen LogP contribution in [0.4, 0.5) is 4.39 Å². The van der Waals surface area contributed by atoms with E-state index in [2.05, 4.69) is 9.88 Å². The molecule has 1 aliphatic heterocycles. The Morgan fingerprint density at radius 2 is 2.05 bits per heavy atom. The van der Waals surface area contributed by atoms with Gasteiger partial charge in [0.15, 0.2) is 0 Å². The molecular weight excluding hydrogens is 279 g/mol. The van der Waals surface area contributed by atoms with Crippen molar-refractivity contribution in [2.24, 2.45) is 0 Å². The van der Waals surface area contributed by atoms with Crippen LogP contribution in [0.1, 0.15) is 36.6 Å². The Hall–Kier alpha value is -1.94. The molecule has 2 aromatic rings. The molecule has 3 nitrogen and oxygen atoms in total. The highest BCUT2D eigenvalue weighted by Crippen LogP contribution is 2.32. The average molecular weight is 300 g/mol. The summed E-state index contributed by atoms with van der Waals surface area (Å²) in [6.07, 6.45) is 5.30. The molecule has 0 radical (unpaired) electrons. The number of piperidine rings is 1. The number of likely N-dealkylation sites (tertiary alicyclic amines) is 1. The molecule has 1 atom stereocenters. The molecule has 0 amide bonds. The minimum atomic E-state index is -0.180. The Labute approximate surface area is 130 Å². The van der Waals surface area contributed by atoms with Gasteiger partial charge in [-0.25, -0.2) is 4.39 Å². The van der Waals surface area contributed by atoms with E-state index in [9.17, 15) is 4.39 Å². The van der Waals surface area contributed by atoms with E-state index in [1.807, 2.05) is 24.3 Å². The molecule has 2 heterocycles. The maximum Gasteiger partial charge on any atom is 0.123 e. The molecular formula is C18H21FN2O. The monoisotopic (exact) mass is 300 g/mol. The number of hydrogen-bond donors (Lipinski definition) is 0. The summed E-state index contributed by atoms with van der Waals surface area (Å²) in [6.45, 7) is 1.83. The first-order valence-corrected chi connectivity index (χ1v) is 7.75. The topological polar surface area (TPSA) is 25.4 Å². The van der Waals surface area contributed by atoms with Gasteiger partial charge in [-0.15, -0.1) is 0 Å². The summed E-state index contributed by atoms with van der Waals surface area (Å²) in [5, 5.41) is 0. The summed E-state index contributed by atoms with van der Waals surface area (Å²) in [5.41, 5.74) is 2.19. The van der Waals surface area contributed by atoms with E-state index >= 15 is 0 Å². The lowest BCUT2D eigenvalue weighted by molar-refractivity contribution is 0.138. The van der Waals surface area contributed by atoms with Gasteiger partial charge in [0, 0.05) is 24.8 Å². The fraction of sp³-hybridized carbons (Fsp3) is 0.389. The number of ether oxygens (including phenoxy) is 1. The second-order valence-corrected chi connectivity index (χ2v) is 5.72. The van der Waals surface area contributed by atoms with Gasteiger partial charge in [-0.2, -0.15) is 0 Å². The maximum absolute atomic E-state index is 13.1. The van der Waals surface area contributed by atoms with Crippen molar-refractivity contribution in [2.45, 2.75) is 31.8 Å². The third kappa shape index (κ3) is 3.45. The molecule has 0 spiro atoms. The molecule has 22 heavy (non-hydrogen) atoms. The van der Waals surface area contributed by atoms with Crippen LogP contribution in [0.2, 0.25) is 0 Å². The largest absolute Gasteiger partial charge is 0.497 e. The van der Waals surface area contributed by atoms with Gasteiger partial charge < -0.3 is 4.74 Å². The summed E-state index contributed by atoms with van der Waals surface area (Å²) >= 11 is 0. The van der Waals surface area contributed by atoms with Crippen LogP contribution in [0.25, 0.3) is 0 Å². The molecule has 1 saturated heterocycles. The minimum Gasteiger partial charge on any atom is -0.497 e. The number of hydrogen-bond acceptors (Lipinski definition) is 3. The second-order valence-electron chi connectivity index (χ2n) is 5.72. The van der Waals surface area contributed by atoms with Gasteiger partial charge in [0.05, 0.1) is 12.8 Å². The van der Waals surface area contributed by atoms with Crippen molar-refractivity contribution in [1.29, 1.82) is 0 Å². The molecule has 0 saturated carbocycles. The highest BCUT2D eigenvalue weighted by molar-refractivity contribution is 5.24. The fourth-order valence-corrected chi connectivity index (χ4v) is 3.12. The molecule has 0 unspecified atom stereocenters. The standard InChI is InChI=1S/C18H21FN2O/c1-22-17-9-10-20-16(12-17)13-21-11-3-2-4-18(21)14-5-7-15(19)8-6-14/h5-10,12,18H,2-4,11,13H2,1H3/t18-/m1/s1. The first-order chi connectivity index (χ1) is 10.8. The van der Waals surface area contributed by atoms with Crippen LogP contribution in [0.3, 0.4) is 0 Å². The Morgan fingerprint density at radius 1 is 1.23 bits per heavy atom. The Kier molecular flexibility index (Phi) is 4.68. The third-order valence-corrected chi connectivity index (χ3v) is 4.26. The van der Waals surface area contributed by atoms with E-state index in [0.717, 1.165) is 31.0 Å². The zero-order valence-electron chi connectivity index (χ0n) is 12.8. The predicted molar refractivity (Wildman–Crippen MR) is 84.2 cm³/mol. The van der Waals surface area contributed by atoms with Crippen LogP contribution >= 0.6 is 0 Å². The van der Waals surface area contributed by atoms with E-state index in [-0.39, 0.29) is 5.82 Å². The van der Waals surface area contributed by atoms with E-state index in [1.54, 1.807) is 25.4 Å². The van der Waals surface area contributed by atoms with Gasteiger partial charge in [-0.05, 0) is 43.1 Å². The van der Waals surface area contributed by atoms with Gasteiger partial charge in [0.25, 0.3) is 0 Å². The van der Waals surface area contributed by atoms with E-state index < -0.39 is 0 Å². The minimum absolute atomic E-state index is 0.180. The van der Waals surface area contributed by atoms with Gasteiger partial charge in [-0.1, -0.05) is 18.6 Å². The van der Waals surface area contributed by atoms with Crippen molar-refractivity contribution in [2.75, 3.05) is 13.7 Å². The zero-order valence-corrected chi connectivity index (χ0v) is 12.8. The van der Waals surface area contributed by atoms with Gasteiger partial charge in [-0.3, -0.25) is 9.88 Å². The first kappa shape index (κ1) is 15.0. The van der Waals surface area contributed by atoms with Crippen molar-refractivity contribution in [3.8, 4) is 5.75 Å². The summed E-state index contributed by atoms with van der Waals surface area (Å²) in [6, 6.07) is 11.1. The number of nitrogens with zero attached hydrogens (tertiary/aromatic N) is 2. The van der Waals surface area contributed by atoms with Crippen molar-refractivity contribution in [1.82, 2.24) is 9.88 Å². The summed E-state index contributed by atoms with van der Waals surface area (Å²) < 4.78 is 18.4. The van der Waals surface area contributed by atoms with Gasteiger partial charge in [0.1, 0.15) is 11.6 Å². The van der Waals surface area contributed by atoms with Crippen LogP contribution in [0.15, 0.2) is 42.6 Å². The smallest absolute Gasteiger partial charge is 0.123 e. The van der Waals surface area contributed by atoms with Crippen LogP contribution in [0, 0.1) is 5.82 Å². The third-order valence-electron chi connectivity index (χ3n) is 4.26. The lowest BCUT2D eigenvalue weighted by Crippen LogP contribution is -2.33. The molecule has 116 valence electrons. The van der Waals surface area contributed by atoms with Crippen molar-refractivity contribution < 1.29 is 9.13 Å². The van der Waals surface area contributed by atoms with E-state index in [1.165, 1.54) is 18.4 Å². The Morgan fingerprint density at radius 3 is 2.82 bits per heavy atom. The molecule has 4 heteroatoms. The molecule has 0 aliphatic carbocycles. The molecule has 1 aromatic carbocycles. The Balaban J connectivity index is 1.78. The molecule has 0 bridgehead atoms. The van der Waals surface area contributed by atoms with Crippen LogP contribution in [0.5, 0.6) is 5.75 Å². The summed E-state index contributed by atoms with van der Waals surface area (Å²) in [7, 11) is 1.67. The maximum atomic E-state index is 13.1. The number of methoxy groups -OCH3 is 1. The highest BCUT2D eigenvalue weighted by atomic mass is 19.1. The molecule has 3 rings (SSSR count). The molecule has 1 fully saturated rings. The second kappa shape index (κ2) is 6.88. The zero-order chi connectivity index (χ0) is 15.4. The number of pyridine rings is 1. The van der Waals surface area contributed by atoms with E-state index in [4.69, 9.17) is 4.74 Å². The number of halogens is 1. The van der Waals surface area contributed by atoms with Gasteiger partial charge >= 0.3 is 0 Å². The van der Waals surface area contributed by atoms with Crippen LogP contribution in [-0.2, 0) is 6.54 Å². The summed E-state index contributed by atoms with van der Waals surface area (Å²) in [4.78, 5) is 6.87. The SMILES string of the molecule is COc1ccnc(CN2CCCC[C@@H]2c2ccc(F)cc2)c1. The average Bonchev–Trinajstić information content (AvgIpc) is 2.56. The highest BCUT2D eigenvalue weighted by Gasteiger charge is 2.24. The number of benzene rings is 1. The van der Waals surface area contributed by atoms with Crippen molar-refractivity contribution in [3.63, 3.8) is 0 Å². The molecule has 1 aromatic heterocycles. The molecule has 1 aliphatic rings. The van der Waals surface area contributed by atoms with Crippen molar-refractivity contribution in [3.05, 3.63) is 59.7 Å². The predicted octanol–water partition coefficient (Wildman–Crippen LogP) is 3.96. The fourth-order valence-electron chi connectivity index (χ4n) is 3.12. The normalized spacial score (nSPS) is 19.1. The quantitative estimate of drug-likeness (QED) is 0.854.